The zero-order valence-electron chi connectivity index (χ0n) is 17.6. The number of aliphatic hydroxyl groups excluding tert-OH is 1. The fraction of sp³-hybridized carbons (Fsp3) is 0.591. The van der Waals surface area contributed by atoms with E-state index in [0.717, 1.165) is 58.8 Å². The van der Waals surface area contributed by atoms with E-state index >= 15 is 0 Å². The van der Waals surface area contributed by atoms with Gasteiger partial charge >= 0.3 is 0 Å². The monoisotopic (exact) mass is 461 g/mol. The van der Waals surface area contributed by atoms with Crippen LogP contribution in [0.3, 0.4) is 0 Å². The SMILES string of the molecule is C[C@@H]1C[C@H](O)c2ncnc(N3CCN(C(=O)[C@@H](c4ccc(Cl)s4)[C@@H]4CCCN4)CC3)c21. The van der Waals surface area contributed by atoms with Gasteiger partial charge in [-0.15, -0.1) is 11.3 Å². The number of hydrogen-bond donors (Lipinski definition) is 2. The maximum Gasteiger partial charge on any atom is 0.232 e. The summed E-state index contributed by atoms with van der Waals surface area (Å²) in [6, 6.07) is 4.07. The Hall–Kier alpha value is -1.74. The topological polar surface area (TPSA) is 81.6 Å². The molecule has 1 aliphatic carbocycles. The predicted octanol–water partition coefficient (Wildman–Crippen LogP) is 2.92. The Balaban J connectivity index is 1.32. The zero-order chi connectivity index (χ0) is 21.5. The first-order chi connectivity index (χ1) is 15.0. The lowest BCUT2D eigenvalue weighted by molar-refractivity contribution is -0.133. The molecule has 0 radical (unpaired) electrons. The molecule has 2 fully saturated rings. The Labute approximate surface area is 191 Å². The van der Waals surface area contributed by atoms with E-state index in [2.05, 4.69) is 27.1 Å². The first kappa shape index (κ1) is 21.1. The van der Waals surface area contributed by atoms with Gasteiger partial charge in [-0.05, 0) is 43.9 Å². The van der Waals surface area contributed by atoms with E-state index < -0.39 is 6.10 Å². The fourth-order valence-electron chi connectivity index (χ4n) is 5.27. The molecule has 4 atom stereocenters. The van der Waals surface area contributed by atoms with Crippen LogP contribution < -0.4 is 10.2 Å². The maximum atomic E-state index is 13.6. The van der Waals surface area contributed by atoms with Gasteiger partial charge in [-0.1, -0.05) is 18.5 Å². The quantitative estimate of drug-likeness (QED) is 0.728. The van der Waals surface area contributed by atoms with Gasteiger partial charge in [0.25, 0.3) is 0 Å². The third kappa shape index (κ3) is 3.95. The number of hydrogen-bond acceptors (Lipinski definition) is 7. The number of anilines is 1. The number of aliphatic hydroxyl groups is 1. The lowest BCUT2D eigenvalue weighted by Crippen LogP contribution is -2.52. The third-order valence-electron chi connectivity index (χ3n) is 6.84. The van der Waals surface area contributed by atoms with Gasteiger partial charge in [-0.2, -0.15) is 0 Å². The number of carbonyl (C=O) groups excluding carboxylic acids is 1. The second kappa shape index (κ2) is 8.65. The van der Waals surface area contributed by atoms with Gasteiger partial charge in [0.2, 0.25) is 5.91 Å². The molecule has 0 bridgehead atoms. The molecule has 31 heavy (non-hydrogen) atoms. The molecule has 0 saturated carbocycles. The van der Waals surface area contributed by atoms with Crippen LogP contribution in [0.25, 0.3) is 0 Å². The van der Waals surface area contributed by atoms with Crippen molar-refractivity contribution in [1.29, 1.82) is 0 Å². The molecule has 0 aromatic carbocycles. The van der Waals surface area contributed by atoms with Crippen molar-refractivity contribution in [3.63, 3.8) is 0 Å². The van der Waals surface area contributed by atoms with Gasteiger partial charge in [0, 0.05) is 42.7 Å². The average molecular weight is 462 g/mol. The molecule has 5 rings (SSSR count). The van der Waals surface area contributed by atoms with Gasteiger partial charge in [-0.25, -0.2) is 9.97 Å². The summed E-state index contributed by atoms with van der Waals surface area (Å²) < 4.78 is 0.726. The summed E-state index contributed by atoms with van der Waals surface area (Å²) in [4.78, 5) is 27.8. The normalized spacial score (nSPS) is 26.9. The maximum absolute atomic E-state index is 13.6. The molecule has 1 amide bonds. The number of fused-ring (bicyclic) bond motifs is 1. The van der Waals surface area contributed by atoms with E-state index in [9.17, 15) is 9.90 Å². The molecule has 2 aromatic heterocycles. The number of nitrogens with zero attached hydrogens (tertiary/aromatic N) is 4. The molecular formula is C22H28ClN5O2S. The Kier molecular flexibility index (Phi) is 5.90. The lowest BCUT2D eigenvalue weighted by atomic mass is 9.94. The summed E-state index contributed by atoms with van der Waals surface area (Å²) in [6.07, 6.45) is 3.85. The van der Waals surface area contributed by atoms with Crippen LogP contribution >= 0.6 is 22.9 Å². The molecule has 7 nitrogen and oxygen atoms in total. The summed E-state index contributed by atoms with van der Waals surface area (Å²) >= 11 is 7.71. The largest absolute Gasteiger partial charge is 0.387 e. The van der Waals surface area contributed by atoms with E-state index in [0.29, 0.717) is 19.5 Å². The van der Waals surface area contributed by atoms with Crippen molar-refractivity contribution in [3.05, 3.63) is 38.9 Å². The molecule has 166 valence electrons. The van der Waals surface area contributed by atoms with Gasteiger partial charge in [0.1, 0.15) is 12.1 Å². The average Bonchev–Trinajstić information content (AvgIpc) is 3.51. The van der Waals surface area contributed by atoms with Crippen molar-refractivity contribution < 1.29 is 9.90 Å². The minimum atomic E-state index is -0.507. The molecule has 0 spiro atoms. The molecular weight excluding hydrogens is 434 g/mol. The zero-order valence-corrected chi connectivity index (χ0v) is 19.2. The van der Waals surface area contributed by atoms with Gasteiger partial charge in [0.05, 0.1) is 22.1 Å². The van der Waals surface area contributed by atoms with Crippen molar-refractivity contribution in [2.24, 2.45) is 0 Å². The van der Waals surface area contributed by atoms with Gasteiger partial charge in [-0.3, -0.25) is 4.79 Å². The van der Waals surface area contributed by atoms with Crippen LogP contribution in [0.5, 0.6) is 0 Å². The Morgan fingerprint density at radius 1 is 1.29 bits per heavy atom. The Morgan fingerprint density at radius 3 is 2.77 bits per heavy atom. The van der Waals surface area contributed by atoms with Crippen molar-refractivity contribution in [2.45, 2.75) is 50.2 Å². The van der Waals surface area contributed by atoms with Crippen LogP contribution in [0.2, 0.25) is 4.34 Å². The van der Waals surface area contributed by atoms with E-state index in [4.69, 9.17) is 11.6 Å². The molecule has 4 heterocycles. The number of amides is 1. The predicted molar refractivity (Wildman–Crippen MR) is 122 cm³/mol. The van der Waals surface area contributed by atoms with Crippen molar-refractivity contribution in [3.8, 4) is 0 Å². The number of carbonyl (C=O) groups is 1. The number of aromatic nitrogens is 2. The second-order valence-electron chi connectivity index (χ2n) is 8.78. The van der Waals surface area contributed by atoms with Crippen LogP contribution in [-0.4, -0.2) is 64.6 Å². The highest BCUT2D eigenvalue weighted by Gasteiger charge is 2.38. The van der Waals surface area contributed by atoms with Gasteiger partial charge in [0.15, 0.2) is 0 Å². The molecule has 2 N–H and O–H groups in total. The Morgan fingerprint density at radius 2 is 2.10 bits per heavy atom. The number of nitrogens with one attached hydrogen (secondary N) is 1. The van der Waals surface area contributed by atoms with Crippen molar-refractivity contribution in [2.75, 3.05) is 37.6 Å². The number of piperazine rings is 1. The summed E-state index contributed by atoms with van der Waals surface area (Å²) in [7, 11) is 0. The van der Waals surface area contributed by atoms with Gasteiger partial charge < -0.3 is 20.2 Å². The number of thiophene rings is 1. The molecule has 0 unspecified atom stereocenters. The first-order valence-corrected chi connectivity index (χ1v) is 12.3. The van der Waals surface area contributed by atoms with E-state index in [-0.39, 0.29) is 23.8 Å². The minimum Gasteiger partial charge on any atom is -0.387 e. The fourth-order valence-corrected chi connectivity index (χ4v) is 6.49. The summed E-state index contributed by atoms with van der Waals surface area (Å²) in [5, 5.41) is 13.8. The standard InChI is InChI=1S/C22H28ClN5O2S/c1-13-11-15(29)20-18(13)21(26-12-25-20)27-7-9-28(10-8-27)22(30)19(14-3-2-6-24-14)16-4-5-17(23)31-16/h4-5,12-15,19,24,29H,2-3,6-11H2,1H3/t13-,14+,15+,19-/m1/s1. The molecule has 3 aliphatic rings. The highest BCUT2D eigenvalue weighted by molar-refractivity contribution is 7.16. The van der Waals surface area contributed by atoms with E-state index in [1.807, 2.05) is 17.0 Å². The summed E-state index contributed by atoms with van der Waals surface area (Å²) in [5.74, 6) is 1.17. The smallest absolute Gasteiger partial charge is 0.232 e. The molecule has 2 saturated heterocycles. The van der Waals surface area contributed by atoms with Crippen LogP contribution in [0.4, 0.5) is 5.82 Å². The highest BCUT2D eigenvalue weighted by Crippen LogP contribution is 2.43. The lowest BCUT2D eigenvalue weighted by Gasteiger charge is -2.38. The molecule has 2 aromatic rings. The van der Waals surface area contributed by atoms with Crippen LogP contribution in [0.1, 0.15) is 60.3 Å². The highest BCUT2D eigenvalue weighted by atomic mass is 35.5. The van der Waals surface area contributed by atoms with Crippen molar-refractivity contribution >= 4 is 34.7 Å². The van der Waals surface area contributed by atoms with Crippen LogP contribution in [0, 0.1) is 0 Å². The summed E-state index contributed by atoms with van der Waals surface area (Å²) in [5.41, 5.74) is 1.83. The number of rotatable bonds is 4. The Bertz CT molecular complexity index is 955. The summed E-state index contributed by atoms with van der Waals surface area (Å²) in [6.45, 7) is 5.87. The minimum absolute atomic E-state index is 0.174. The molecule has 2 aliphatic heterocycles. The van der Waals surface area contributed by atoms with Crippen LogP contribution in [-0.2, 0) is 4.79 Å². The third-order valence-corrected chi connectivity index (χ3v) is 8.15. The number of halogens is 1. The van der Waals surface area contributed by atoms with E-state index in [1.165, 1.54) is 11.3 Å². The first-order valence-electron chi connectivity index (χ1n) is 11.1. The van der Waals surface area contributed by atoms with Crippen LogP contribution in [0.15, 0.2) is 18.5 Å². The second-order valence-corrected chi connectivity index (χ2v) is 10.5. The van der Waals surface area contributed by atoms with E-state index in [1.54, 1.807) is 6.33 Å². The van der Waals surface area contributed by atoms with Crippen molar-refractivity contribution in [1.82, 2.24) is 20.2 Å². The molecule has 9 heteroatoms.